The molecule has 0 aliphatic rings. The number of rotatable bonds is 9. The number of furan rings is 1. The third kappa shape index (κ3) is 5.58. The first-order chi connectivity index (χ1) is 14.7. The lowest BCUT2D eigenvalue weighted by Gasteiger charge is -2.22. The van der Waals surface area contributed by atoms with Crippen LogP contribution in [0.15, 0.2) is 83.5 Å². The molecule has 0 fully saturated rings. The van der Waals surface area contributed by atoms with Crippen LogP contribution >= 0.6 is 0 Å². The molecule has 30 heavy (non-hydrogen) atoms. The van der Waals surface area contributed by atoms with E-state index in [1.165, 1.54) is 0 Å². The van der Waals surface area contributed by atoms with Crippen molar-refractivity contribution in [3.63, 3.8) is 0 Å². The van der Waals surface area contributed by atoms with Crippen LogP contribution in [0.3, 0.4) is 0 Å². The van der Waals surface area contributed by atoms with E-state index in [9.17, 15) is 9.59 Å². The average molecular weight is 401 g/mol. The summed E-state index contributed by atoms with van der Waals surface area (Å²) in [6.45, 7) is 0.292. The van der Waals surface area contributed by atoms with Gasteiger partial charge in [0.2, 0.25) is 11.8 Å². The van der Waals surface area contributed by atoms with E-state index in [1.54, 1.807) is 17.2 Å². The van der Waals surface area contributed by atoms with Crippen molar-refractivity contribution >= 4 is 17.5 Å². The Labute approximate surface area is 175 Å². The zero-order valence-electron chi connectivity index (χ0n) is 16.5. The fourth-order valence-corrected chi connectivity index (χ4v) is 3.18. The van der Waals surface area contributed by atoms with Crippen molar-refractivity contribution in [3.8, 4) is 6.07 Å². The van der Waals surface area contributed by atoms with E-state index in [2.05, 4.69) is 11.4 Å². The number of anilines is 1. The molecule has 2 amide bonds. The summed E-state index contributed by atoms with van der Waals surface area (Å²) >= 11 is 0. The zero-order valence-corrected chi connectivity index (χ0v) is 16.5. The maximum atomic E-state index is 12.8. The number of nitrogens with zero attached hydrogens (tertiary/aromatic N) is 2. The molecule has 0 saturated heterocycles. The summed E-state index contributed by atoms with van der Waals surface area (Å²) in [5, 5.41) is 11.9. The van der Waals surface area contributed by atoms with Gasteiger partial charge in [-0.2, -0.15) is 5.26 Å². The Morgan fingerprint density at radius 1 is 0.967 bits per heavy atom. The van der Waals surface area contributed by atoms with Crippen LogP contribution in [0.4, 0.5) is 5.69 Å². The van der Waals surface area contributed by atoms with E-state index in [1.807, 2.05) is 66.7 Å². The van der Waals surface area contributed by atoms with Gasteiger partial charge in [-0.3, -0.25) is 9.59 Å². The number of para-hydroxylation sites is 1. The Morgan fingerprint density at radius 2 is 1.67 bits per heavy atom. The Morgan fingerprint density at radius 3 is 2.30 bits per heavy atom. The number of nitrogens with one attached hydrogen (secondary N) is 1. The normalized spacial score (nSPS) is 11.3. The standard InChI is InChI=1S/C24H23N3O3/c25-16-8-17-27(20-11-5-2-6-12-20)23(29)15-14-22(28)26-24(21-13-7-18-30-21)19-9-3-1-4-10-19/h1-7,9-13,18,24H,8,14-15,17H2,(H,26,28). The Bertz CT molecular complexity index is 980. The first-order valence-electron chi connectivity index (χ1n) is 9.79. The topological polar surface area (TPSA) is 86.3 Å². The van der Waals surface area contributed by atoms with Crippen LogP contribution < -0.4 is 10.2 Å². The van der Waals surface area contributed by atoms with E-state index >= 15 is 0 Å². The highest BCUT2D eigenvalue weighted by Gasteiger charge is 2.21. The molecule has 1 N–H and O–H groups in total. The number of carbonyl (C=O) groups is 2. The molecule has 0 bridgehead atoms. The van der Waals surface area contributed by atoms with Gasteiger partial charge in [-0.05, 0) is 29.8 Å². The van der Waals surface area contributed by atoms with Gasteiger partial charge in [0.05, 0.1) is 18.8 Å². The molecule has 3 rings (SSSR count). The summed E-state index contributed by atoms with van der Waals surface area (Å²) in [5.41, 5.74) is 1.61. The van der Waals surface area contributed by atoms with Crippen molar-refractivity contribution in [2.75, 3.05) is 11.4 Å². The molecule has 3 aromatic rings. The van der Waals surface area contributed by atoms with Gasteiger partial charge in [0.1, 0.15) is 11.8 Å². The number of carbonyl (C=O) groups excluding carboxylic acids is 2. The monoisotopic (exact) mass is 401 g/mol. The summed E-state index contributed by atoms with van der Waals surface area (Å²) in [4.78, 5) is 26.9. The Hall–Kier alpha value is -3.85. The highest BCUT2D eigenvalue weighted by atomic mass is 16.3. The summed E-state index contributed by atoms with van der Waals surface area (Å²) in [7, 11) is 0. The predicted molar refractivity (Wildman–Crippen MR) is 113 cm³/mol. The second kappa shape index (κ2) is 10.6. The van der Waals surface area contributed by atoms with Crippen molar-refractivity contribution in [2.45, 2.75) is 25.3 Å². The van der Waals surface area contributed by atoms with Crippen LogP contribution in [0, 0.1) is 11.3 Å². The van der Waals surface area contributed by atoms with Crippen LogP contribution in [-0.4, -0.2) is 18.4 Å². The molecule has 1 unspecified atom stereocenters. The van der Waals surface area contributed by atoms with E-state index in [0.29, 0.717) is 12.3 Å². The summed E-state index contributed by atoms with van der Waals surface area (Å²) in [5.74, 6) is 0.184. The molecule has 0 aliphatic carbocycles. The molecule has 1 aromatic heterocycles. The SMILES string of the molecule is N#CCCN(C(=O)CCC(=O)NC(c1ccccc1)c1ccco1)c1ccccc1. The van der Waals surface area contributed by atoms with Gasteiger partial charge in [0, 0.05) is 25.1 Å². The lowest BCUT2D eigenvalue weighted by atomic mass is 10.0. The van der Waals surface area contributed by atoms with Crippen molar-refractivity contribution < 1.29 is 14.0 Å². The van der Waals surface area contributed by atoms with Crippen LogP contribution in [0.1, 0.15) is 36.6 Å². The lowest BCUT2D eigenvalue weighted by Crippen LogP contribution is -2.34. The minimum absolute atomic E-state index is 0.0404. The first-order valence-corrected chi connectivity index (χ1v) is 9.79. The third-order valence-electron chi connectivity index (χ3n) is 4.65. The molecule has 0 aliphatic heterocycles. The second-order valence-corrected chi connectivity index (χ2v) is 6.72. The summed E-state index contributed by atoms with van der Waals surface area (Å²) in [6.07, 6.45) is 1.87. The number of hydrogen-bond donors (Lipinski definition) is 1. The maximum absolute atomic E-state index is 12.8. The summed E-state index contributed by atoms with van der Waals surface area (Å²) < 4.78 is 5.50. The molecule has 0 spiro atoms. The van der Waals surface area contributed by atoms with Gasteiger partial charge in [-0.15, -0.1) is 0 Å². The quantitative estimate of drug-likeness (QED) is 0.582. The molecule has 1 atom stereocenters. The molecule has 6 nitrogen and oxygen atoms in total. The highest BCUT2D eigenvalue weighted by molar-refractivity contribution is 5.95. The number of benzene rings is 2. The average Bonchev–Trinajstić information content (AvgIpc) is 3.32. The first kappa shape index (κ1) is 20.9. The molecule has 152 valence electrons. The zero-order chi connectivity index (χ0) is 21.2. The summed E-state index contributed by atoms with van der Waals surface area (Å²) in [6, 6.07) is 23.9. The number of nitriles is 1. The van der Waals surface area contributed by atoms with Crippen LogP contribution in [-0.2, 0) is 9.59 Å². The van der Waals surface area contributed by atoms with Crippen LogP contribution in [0.25, 0.3) is 0 Å². The Kier molecular flexibility index (Phi) is 7.39. The molecular weight excluding hydrogens is 378 g/mol. The lowest BCUT2D eigenvalue weighted by molar-refractivity contribution is -0.125. The minimum atomic E-state index is -0.424. The van der Waals surface area contributed by atoms with Crippen molar-refractivity contribution in [1.29, 1.82) is 5.26 Å². The molecule has 1 heterocycles. The van der Waals surface area contributed by atoms with Gasteiger partial charge < -0.3 is 14.6 Å². The van der Waals surface area contributed by atoms with Gasteiger partial charge >= 0.3 is 0 Å². The fourth-order valence-electron chi connectivity index (χ4n) is 3.18. The second-order valence-electron chi connectivity index (χ2n) is 6.72. The molecule has 0 saturated carbocycles. The number of hydrogen-bond acceptors (Lipinski definition) is 4. The molecule has 2 aromatic carbocycles. The van der Waals surface area contributed by atoms with E-state index in [0.717, 1.165) is 11.3 Å². The van der Waals surface area contributed by atoms with Gasteiger partial charge in [0.15, 0.2) is 0 Å². The minimum Gasteiger partial charge on any atom is -0.467 e. The van der Waals surface area contributed by atoms with E-state index < -0.39 is 6.04 Å². The third-order valence-corrected chi connectivity index (χ3v) is 4.65. The molecular formula is C24H23N3O3. The molecule has 0 radical (unpaired) electrons. The van der Waals surface area contributed by atoms with Crippen molar-refractivity contribution in [2.24, 2.45) is 0 Å². The number of amides is 2. The van der Waals surface area contributed by atoms with Crippen molar-refractivity contribution in [3.05, 3.63) is 90.4 Å². The fraction of sp³-hybridized carbons (Fsp3) is 0.208. The Balaban J connectivity index is 1.64. The van der Waals surface area contributed by atoms with E-state index in [4.69, 9.17) is 9.68 Å². The van der Waals surface area contributed by atoms with Gasteiger partial charge in [-0.1, -0.05) is 48.5 Å². The largest absolute Gasteiger partial charge is 0.467 e. The smallest absolute Gasteiger partial charge is 0.227 e. The van der Waals surface area contributed by atoms with Gasteiger partial charge in [0.25, 0.3) is 0 Å². The van der Waals surface area contributed by atoms with Crippen molar-refractivity contribution in [1.82, 2.24) is 5.32 Å². The predicted octanol–water partition coefficient (Wildman–Crippen LogP) is 4.21. The van der Waals surface area contributed by atoms with E-state index in [-0.39, 0.29) is 31.1 Å². The van der Waals surface area contributed by atoms with Crippen LogP contribution in [0.2, 0.25) is 0 Å². The highest BCUT2D eigenvalue weighted by Crippen LogP contribution is 2.23. The maximum Gasteiger partial charge on any atom is 0.227 e. The van der Waals surface area contributed by atoms with Crippen LogP contribution in [0.5, 0.6) is 0 Å². The van der Waals surface area contributed by atoms with Gasteiger partial charge in [-0.25, -0.2) is 0 Å². The molecule has 6 heteroatoms.